The number of nitrogens with one attached hydrogen (secondary N) is 1. The molecule has 0 saturated carbocycles. The molecule has 0 aliphatic carbocycles. The van der Waals surface area contributed by atoms with Crippen LogP contribution in [0.3, 0.4) is 0 Å². The highest BCUT2D eigenvalue weighted by molar-refractivity contribution is 7.98. The second-order valence-corrected chi connectivity index (χ2v) is 4.60. The summed E-state index contributed by atoms with van der Waals surface area (Å²) in [5, 5.41) is 3.11. The minimum atomic E-state index is -0.153. The third-order valence-electron chi connectivity index (χ3n) is 2.22. The number of halogens is 1. The van der Waals surface area contributed by atoms with E-state index in [9.17, 15) is 4.39 Å². The van der Waals surface area contributed by atoms with Gasteiger partial charge in [-0.25, -0.2) is 4.39 Å². The Hall–Kier alpha value is -0.700. The summed E-state index contributed by atoms with van der Waals surface area (Å²) >= 11 is 1.85. The summed E-state index contributed by atoms with van der Waals surface area (Å²) < 4.78 is 13.4. The molecule has 0 heterocycles. The van der Waals surface area contributed by atoms with Gasteiger partial charge in [0.15, 0.2) is 0 Å². The third kappa shape index (κ3) is 4.56. The number of anilines is 1. The Morgan fingerprint density at radius 3 is 2.80 bits per heavy atom. The molecule has 0 bridgehead atoms. The van der Waals surface area contributed by atoms with Crippen LogP contribution in [0.1, 0.15) is 18.4 Å². The average molecular weight is 227 g/mol. The summed E-state index contributed by atoms with van der Waals surface area (Å²) in [4.78, 5) is 0. The first-order valence-electron chi connectivity index (χ1n) is 5.23. The van der Waals surface area contributed by atoms with Gasteiger partial charge < -0.3 is 5.32 Å². The molecule has 1 N–H and O–H groups in total. The first-order valence-corrected chi connectivity index (χ1v) is 6.62. The molecular weight excluding hydrogens is 209 g/mol. The summed E-state index contributed by atoms with van der Waals surface area (Å²) in [7, 11) is 0. The molecule has 1 aromatic rings. The SMILES string of the molecule is CSCCCCNc1ccc(C)cc1F. The lowest BCUT2D eigenvalue weighted by atomic mass is 10.2. The van der Waals surface area contributed by atoms with Gasteiger partial charge in [-0.3, -0.25) is 0 Å². The van der Waals surface area contributed by atoms with E-state index in [2.05, 4.69) is 11.6 Å². The van der Waals surface area contributed by atoms with Crippen molar-refractivity contribution in [2.45, 2.75) is 19.8 Å². The zero-order valence-corrected chi connectivity index (χ0v) is 10.2. The summed E-state index contributed by atoms with van der Waals surface area (Å²) in [5.41, 5.74) is 1.57. The van der Waals surface area contributed by atoms with Crippen molar-refractivity contribution in [2.24, 2.45) is 0 Å². The van der Waals surface area contributed by atoms with Crippen molar-refractivity contribution in [3.63, 3.8) is 0 Å². The molecule has 0 spiro atoms. The zero-order chi connectivity index (χ0) is 11.1. The second-order valence-electron chi connectivity index (χ2n) is 3.61. The fourth-order valence-corrected chi connectivity index (χ4v) is 1.85. The number of aryl methyl sites for hydroxylation is 1. The highest BCUT2D eigenvalue weighted by Crippen LogP contribution is 2.15. The van der Waals surface area contributed by atoms with E-state index in [4.69, 9.17) is 0 Å². The topological polar surface area (TPSA) is 12.0 Å². The average Bonchev–Trinajstić information content (AvgIpc) is 2.20. The minimum absolute atomic E-state index is 0.153. The number of rotatable bonds is 6. The maximum atomic E-state index is 13.4. The lowest BCUT2D eigenvalue weighted by molar-refractivity contribution is 0.628. The molecular formula is C12H18FNS. The molecule has 0 saturated heterocycles. The summed E-state index contributed by atoms with van der Waals surface area (Å²) in [6.45, 7) is 2.74. The summed E-state index contributed by atoms with van der Waals surface area (Å²) in [6, 6.07) is 5.29. The van der Waals surface area contributed by atoms with Gasteiger partial charge in [-0.15, -0.1) is 0 Å². The molecule has 0 aliphatic heterocycles. The molecule has 15 heavy (non-hydrogen) atoms. The Morgan fingerprint density at radius 2 is 2.13 bits per heavy atom. The molecule has 3 heteroatoms. The smallest absolute Gasteiger partial charge is 0.146 e. The molecule has 84 valence electrons. The van der Waals surface area contributed by atoms with Crippen LogP contribution in [-0.4, -0.2) is 18.6 Å². The second kappa shape index (κ2) is 6.72. The Balaban J connectivity index is 2.31. The van der Waals surface area contributed by atoms with Crippen molar-refractivity contribution in [1.29, 1.82) is 0 Å². The largest absolute Gasteiger partial charge is 0.383 e. The molecule has 0 atom stereocenters. The van der Waals surface area contributed by atoms with Crippen molar-refractivity contribution in [2.75, 3.05) is 23.9 Å². The highest BCUT2D eigenvalue weighted by Gasteiger charge is 2.00. The maximum Gasteiger partial charge on any atom is 0.146 e. The molecule has 1 nitrogen and oxygen atoms in total. The van der Waals surface area contributed by atoms with Crippen LogP contribution in [-0.2, 0) is 0 Å². The van der Waals surface area contributed by atoms with E-state index >= 15 is 0 Å². The van der Waals surface area contributed by atoms with E-state index in [1.54, 1.807) is 12.1 Å². The fourth-order valence-electron chi connectivity index (χ4n) is 1.36. The van der Waals surface area contributed by atoms with Gasteiger partial charge in [0.05, 0.1) is 5.69 Å². The molecule has 1 rings (SSSR count). The van der Waals surface area contributed by atoms with E-state index in [1.807, 2.05) is 24.8 Å². The van der Waals surface area contributed by atoms with Gasteiger partial charge in [0.2, 0.25) is 0 Å². The molecule has 0 radical (unpaired) electrons. The predicted molar refractivity (Wildman–Crippen MR) is 67.2 cm³/mol. The number of unbranched alkanes of at least 4 members (excludes halogenated alkanes) is 1. The van der Waals surface area contributed by atoms with E-state index in [1.165, 1.54) is 12.2 Å². The molecule has 0 amide bonds. The molecule has 0 unspecified atom stereocenters. The zero-order valence-electron chi connectivity index (χ0n) is 9.35. The van der Waals surface area contributed by atoms with Crippen LogP contribution >= 0.6 is 11.8 Å². The lowest BCUT2D eigenvalue weighted by Crippen LogP contribution is -2.03. The Labute approximate surface area is 95.5 Å². The summed E-state index contributed by atoms with van der Waals surface area (Å²) in [5.74, 6) is 1.03. The van der Waals surface area contributed by atoms with Crippen LogP contribution in [0.2, 0.25) is 0 Å². The number of thioether (sulfide) groups is 1. The van der Waals surface area contributed by atoms with Crippen LogP contribution in [0.25, 0.3) is 0 Å². The van der Waals surface area contributed by atoms with Gasteiger partial charge in [-0.05, 0) is 49.5 Å². The Bertz CT molecular complexity index is 302. The maximum absolute atomic E-state index is 13.4. The van der Waals surface area contributed by atoms with Crippen LogP contribution in [0.15, 0.2) is 18.2 Å². The van der Waals surface area contributed by atoms with Gasteiger partial charge in [0, 0.05) is 6.54 Å². The van der Waals surface area contributed by atoms with Gasteiger partial charge in [0.25, 0.3) is 0 Å². The number of hydrogen-bond donors (Lipinski definition) is 1. The van der Waals surface area contributed by atoms with Gasteiger partial charge in [0.1, 0.15) is 5.82 Å². The monoisotopic (exact) mass is 227 g/mol. The minimum Gasteiger partial charge on any atom is -0.383 e. The molecule has 1 aromatic carbocycles. The number of hydrogen-bond acceptors (Lipinski definition) is 2. The lowest BCUT2D eigenvalue weighted by Gasteiger charge is -2.07. The van der Waals surface area contributed by atoms with Crippen LogP contribution in [0, 0.1) is 12.7 Å². The number of benzene rings is 1. The first kappa shape index (κ1) is 12.4. The van der Waals surface area contributed by atoms with Gasteiger partial charge in [-0.1, -0.05) is 6.07 Å². The third-order valence-corrected chi connectivity index (χ3v) is 2.91. The first-order chi connectivity index (χ1) is 7.24. The van der Waals surface area contributed by atoms with Gasteiger partial charge >= 0.3 is 0 Å². The molecule has 0 aromatic heterocycles. The van der Waals surface area contributed by atoms with E-state index < -0.39 is 0 Å². The standard InChI is InChI=1S/C12H18FNS/c1-10-5-6-12(11(13)9-10)14-7-3-4-8-15-2/h5-6,9,14H,3-4,7-8H2,1-2H3. The van der Waals surface area contributed by atoms with Crippen LogP contribution < -0.4 is 5.32 Å². The van der Waals surface area contributed by atoms with E-state index in [0.29, 0.717) is 5.69 Å². The quantitative estimate of drug-likeness (QED) is 0.744. The van der Waals surface area contributed by atoms with Gasteiger partial charge in [-0.2, -0.15) is 11.8 Å². The van der Waals surface area contributed by atoms with E-state index in [-0.39, 0.29) is 5.82 Å². The van der Waals surface area contributed by atoms with Crippen LogP contribution in [0.4, 0.5) is 10.1 Å². The Morgan fingerprint density at radius 1 is 1.33 bits per heavy atom. The summed E-state index contributed by atoms with van der Waals surface area (Å²) in [6.07, 6.45) is 4.38. The molecule has 0 aliphatic rings. The van der Waals surface area contributed by atoms with Crippen molar-refractivity contribution in [3.05, 3.63) is 29.6 Å². The predicted octanol–water partition coefficient (Wildman–Crippen LogP) is 3.69. The van der Waals surface area contributed by atoms with Crippen molar-refractivity contribution in [1.82, 2.24) is 0 Å². The normalized spacial score (nSPS) is 10.3. The van der Waals surface area contributed by atoms with Crippen molar-refractivity contribution >= 4 is 17.4 Å². The highest BCUT2D eigenvalue weighted by atomic mass is 32.2. The molecule has 0 fully saturated rings. The van der Waals surface area contributed by atoms with Crippen molar-refractivity contribution < 1.29 is 4.39 Å². The van der Waals surface area contributed by atoms with Crippen LogP contribution in [0.5, 0.6) is 0 Å². The Kier molecular flexibility index (Phi) is 5.54. The van der Waals surface area contributed by atoms with E-state index in [0.717, 1.165) is 18.5 Å². The fraction of sp³-hybridized carbons (Fsp3) is 0.500. The van der Waals surface area contributed by atoms with Crippen molar-refractivity contribution in [3.8, 4) is 0 Å².